The molecule has 3 aromatic rings. The average Bonchev–Trinajstić information content (AvgIpc) is 3.59. The second-order valence-electron chi connectivity index (χ2n) is 9.37. The van der Waals surface area contributed by atoms with Crippen LogP contribution in [-0.4, -0.2) is 61.3 Å². The molecule has 0 bridgehead atoms. The van der Waals surface area contributed by atoms with Gasteiger partial charge in [-0.25, -0.2) is 4.98 Å². The van der Waals surface area contributed by atoms with Crippen molar-refractivity contribution in [2.45, 2.75) is 50.7 Å². The molecule has 1 aliphatic heterocycles. The SMILES string of the molecule is O=C(Cn1ccnc1)N1CCC(C(Cc2ccccc2)N(C(=O)c2ccccn2)C2CC2)CC1. The van der Waals surface area contributed by atoms with Crippen LogP contribution in [0.15, 0.2) is 73.4 Å². The van der Waals surface area contributed by atoms with Gasteiger partial charge in [-0.2, -0.15) is 0 Å². The van der Waals surface area contributed by atoms with Gasteiger partial charge in [-0.15, -0.1) is 0 Å². The number of hydrogen-bond acceptors (Lipinski definition) is 4. The van der Waals surface area contributed by atoms with E-state index in [1.165, 1.54) is 5.56 Å². The highest BCUT2D eigenvalue weighted by molar-refractivity contribution is 5.93. The predicted octanol–water partition coefficient (Wildman–Crippen LogP) is 3.43. The summed E-state index contributed by atoms with van der Waals surface area (Å²) in [6.07, 6.45) is 11.6. The van der Waals surface area contributed by atoms with E-state index in [9.17, 15) is 9.59 Å². The van der Waals surface area contributed by atoms with Gasteiger partial charge in [0.1, 0.15) is 12.2 Å². The number of nitrogens with zero attached hydrogens (tertiary/aromatic N) is 5. The zero-order valence-corrected chi connectivity index (χ0v) is 19.4. The van der Waals surface area contributed by atoms with Crippen molar-refractivity contribution in [3.63, 3.8) is 0 Å². The zero-order chi connectivity index (χ0) is 23.3. The van der Waals surface area contributed by atoms with Crippen molar-refractivity contribution in [2.75, 3.05) is 13.1 Å². The molecule has 0 spiro atoms. The summed E-state index contributed by atoms with van der Waals surface area (Å²) < 4.78 is 1.81. The molecule has 2 fully saturated rings. The minimum absolute atomic E-state index is 0.0302. The zero-order valence-electron chi connectivity index (χ0n) is 19.4. The molecule has 1 saturated carbocycles. The molecule has 2 aromatic heterocycles. The van der Waals surface area contributed by atoms with E-state index in [-0.39, 0.29) is 23.9 Å². The first-order valence-corrected chi connectivity index (χ1v) is 12.2. The third-order valence-electron chi connectivity index (χ3n) is 7.02. The molecule has 1 aromatic carbocycles. The Morgan fingerprint density at radius 3 is 2.38 bits per heavy atom. The Hall–Kier alpha value is -3.48. The van der Waals surface area contributed by atoms with E-state index in [2.05, 4.69) is 39.1 Å². The van der Waals surface area contributed by atoms with Crippen molar-refractivity contribution >= 4 is 11.8 Å². The molecule has 7 nitrogen and oxygen atoms in total. The number of aromatic nitrogens is 3. The molecule has 0 radical (unpaired) electrons. The second-order valence-corrected chi connectivity index (χ2v) is 9.37. The summed E-state index contributed by atoms with van der Waals surface area (Å²) >= 11 is 0. The number of hydrogen-bond donors (Lipinski definition) is 0. The Morgan fingerprint density at radius 2 is 1.74 bits per heavy atom. The summed E-state index contributed by atoms with van der Waals surface area (Å²) in [5.74, 6) is 0.494. The largest absolute Gasteiger partial charge is 0.341 e. The third kappa shape index (κ3) is 5.19. The van der Waals surface area contributed by atoms with Crippen molar-refractivity contribution in [1.82, 2.24) is 24.3 Å². The number of rotatable bonds is 8. The fourth-order valence-electron chi connectivity index (χ4n) is 5.08. The number of carbonyl (C=O) groups is 2. The second kappa shape index (κ2) is 10.2. The van der Waals surface area contributed by atoms with Gasteiger partial charge in [0.15, 0.2) is 0 Å². The molecule has 176 valence electrons. The maximum absolute atomic E-state index is 13.6. The predicted molar refractivity (Wildman–Crippen MR) is 129 cm³/mol. The van der Waals surface area contributed by atoms with Gasteiger partial charge in [-0.05, 0) is 55.7 Å². The van der Waals surface area contributed by atoms with Crippen LogP contribution >= 0.6 is 0 Å². The summed E-state index contributed by atoms with van der Waals surface area (Å²) in [5.41, 5.74) is 1.76. The molecule has 7 heteroatoms. The van der Waals surface area contributed by atoms with Gasteiger partial charge in [0.25, 0.3) is 5.91 Å². The van der Waals surface area contributed by atoms with Crippen molar-refractivity contribution in [2.24, 2.45) is 5.92 Å². The molecule has 2 amide bonds. The molecule has 1 aliphatic carbocycles. The van der Waals surface area contributed by atoms with Gasteiger partial charge >= 0.3 is 0 Å². The number of imidazole rings is 1. The Bertz CT molecular complexity index is 1070. The highest BCUT2D eigenvalue weighted by atomic mass is 16.2. The Labute approximate surface area is 200 Å². The van der Waals surface area contributed by atoms with Crippen LogP contribution in [0.5, 0.6) is 0 Å². The number of carbonyl (C=O) groups excluding carboxylic acids is 2. The smallest absolute Gasteiger partial charge is 0.272 e. The maximum atomic E-state index is 13.6. The van der Waals surface area contributed by atoms with Crippen LogP contribution in [0, 0.1) is 5.92 Å². The standard InChI is InChI=1S/C27H31N5O2/c33-26(19-30-17-14-28-20-30)31-15-11-22(12-16-31)25(18-21-6-2-1-3-7-21)32(23-9-10-23)27(34)24-8-4-5-13-29-24/h1-8,13-14,17,20,22-23,25H,9-12,15-16,18-19H2. The highest BCUT2D eigenvalue weighted by Crippen LogP contribution is 2.36. The summed E-state index contributed by atoms with van der Waals surface area (Å²) in [6.45, 7) is 1.77. The fraction of sp³-hybridized carbons (Fsp3) is 0.407. The van der Waals surface area contributed by atoms with Crippen LogP contribution in [0.3, 0.4) is 0 Å². The summed E-state index contributed by atoms with van der Waals surface area (Å²) in [4.78, 5) is 38.9. The van der Waals surface area contributed by atoms with Gasteiger partial charge in [0.05, 0.1) is 6.33 Å². The summed E-state index contributed by atoms with van der Waals surface area (Å²) in [5, 5.41) is 0. The number of pyridine rings is 1. The summed E-state index contributed by atoms with van der Waals surface area (Å²) in [6, 6.07) is 16.4. The quantitative estimate of drug-likeness (QED) is 0.520. The molecule has 1 unspecified atom stereocenters. The number of amides is 2. The van der Waals surface area contributed by atoms with E-state index in [0.717, 1.165) is 45.2 Å². The van der Waals surface area contributed by atoms with E-state index in [1.807, 2.05) is 39.9 Å². The van der Waals surface area contributed by atoms with Crippen LogP contribution < -0.4 is 0 Å². The molecule has 1 saturated heterocycles. The number of likely N-dealkylation sites (tertiary alicyclic amines) is 1. The minimum Gasteiger partial charge on any atom is -0.341 e. The van der Waals surface area contributed by atoms with Crippen LogP contribution in [0.2, 0.25) is 0 Å². The monoisotopic (exact) mass is 457 g/mol. The van der Waals surface area contributed by atoms with Gasteiger partial charge in [0, 0.05) is 43.8 Å². The lowest BCUT2D eigenvalue weighted by atomic mass is 9.84. The average molecular weight is 458 g/mol. The molecule has 2 aliphatic rings. The molecule has 5 rings (SSSR count). The molecule has 34 heavy (non-hydrogen) atoms. The van der Waals surface area contributed by atoms with Crippen molar-refractivity contribution < 1.29 is 9.59 Å². The normalized spacial score (nSPS) is 17.4. The first-order valence-electron chi connectivity index (χ1n) is 12.2. The highest BCUT2D eigenvalue weighted by Gasteiger charge is 2.42. The molecule has 3 heterocycles. The molecular weight excluding hydrogens is 426 g/mol. The van der Waals surface area contributed by atoms with Crippen molar-refractivity contribution in [3.8, 4) is 0 Å². The lowest BCUT2D eigenvalue weighted by Crippen LogP contribution is -2.51. The minimum atomic E-state index is 0.0302. The molecular formula is C27H31N5O2. The molecule has 0 N–H and O–H groups in total. The van der Waals surface area contributed by atoms with Gasteiger partial charge in [-0.3, -0.25) is 14.6 Å². The first-order chi connectivity index (χ1) is 16.7. The first kappa shape index (κ1) is 22.3. The van der Waals surface area contributed by atoms with Gasteiger partial charge in [-0.1, -0.05) is 36.4 Å². The number of piperidine rings is 1. The Balaban J connectivity index is 1.34. The van der Waals surface area contributed by atoms with Gasteiger partial charge in [0.2, 0.25) is 5.91 Å². The fourth-order valence-corrected chi connectivity index (χ4v) is 5.08. The Morgan fingerprint density at radius 1 is 0.971 bits per heavy atom. The Kier molecular flexibility index (Phi) is 6.70. The van der Waals surface area contributed by atoms with Gasteiger partial charge < -0.3 is 14.4 Å². The van der Waals surface area contributed by atoms with E-state index in [4.69, 9.17) is 0 Å². The topological polar surface area (TPSA) is 71.3 Å². The van der Waals surface area contributed by atoms with Crippen LogP contribution in [0.25, 0.3) is 0 Å². The van der Waals surface area contributed by atoms with Crippen LogP contribution in [0.1, 0.15) is 41.7 Å². The summed E-state index contributed by atoms with van der Waals surface area (Å²) in [7, 11) is 0. The lowest BCUT2D eigenvalue weighted by molar-refractivity contribution is -0.133. The number of benzene rings is 1. The third-order valence-corrected chi connectivity index (χ3v) is 7.02. The van der Waals surface area contributed by atoms with E-state index in [1.54, 1.807) is 18.7 Å². The van der Waals surface area contributed by atoms with Crippen molar-refractivity contribution in [3.05, 3.63) is 84.7 Å². The maximum Gasteiger partial charge on any atom is 0.272 e. The van der Waals surface area contributed by atoms with E-state index >= 15 is 0 Å². The van der Waals surface area contributed by atoms with E-state index in [0.29, 0.717) is 18.2 Å². The van der Waals surface area contributed by atoms with Crippen LogP contribution in [0.4, 0.5) is 0 Å². The lowest BCUT2D eigenvalue weighted by Gasteiger charge is -2.41. The van der Waals surface area contributed by atoms with Crippen LogP contribution in [-0.2, 0) is 17.8 Å². The van der Waals surface area contributed by atoms with E-state index < -0.39 is 0 Å². The van der Waals surface area contributed by atoms with Crippen molar-refractivity contribution in [1.29, 1.82) is 0 Å². The molecule has 1 atom stereocenters.